The Labute approximate surface area is 392 Å². The summed E-state index contributed by atoms with van der Waals surface area (Å²) in [5, 5.41) is 14.5. The first-order chi connectivity index (χ1) is 30.7. The minimum atomic E-state index is -1.86. The van der Waals surface area contributed by atoms with Crippen molar-refractivity contribution in [1.29, 1.82) is 0 Å². The number of anilines is 1. The SMILES string of the molecule is COc1cc2cc(c1Cl)N(C)C(=O)C[C@H](OC(=O)[C@H](C)N(C)C(=O)CCSSCCCC(=O)CCN1C(=O)C=CC1=O)[C@@]1(C)O[C@H]1[C@H](C)[C@@H]1C[C@@](O)(NC(=O)O1)[C@H](OC)/C=C/C=C(\C)C2. The van der Waals surface area contributed by atoms with Gasteiger partial charge in [-0.1, -0.05) is 63.9 Å². The maximum absolute atomic E-state index is 14.3. The van der Waals surface area contributed by atoms with Crippen LogP contribution >= 0.6 is 33.2 Å². The number of benzene rings is 1. The zero-order chi connectivity index (χ0) is 47.8. The number of ketones is 1. The Morgan fingerprint density at radius 1 is 1.08 bits per heavy atom. The number of allylic oxidation sites excluding steroid dienone is 3. The van der Waals surface area contributed by atoms with E-state index in [1.54, 1.807) is 45.2 Å². The van der Waals surface area contributed by atoms with Crippen molar-refractivity contribution < 1.29 is 62.4 Å². The molecule has 0 spiro atoms. The van der Waals surface area contributed by atoms with Crippen LogP contribution in [0.25, 0.3) is 0 Å². The molecule has 0 aromatic heterocycles. The molecule has 2 fully saturated rings. The van der Waals surface area contributed by atoms with Crippen LogP contribution in [0.3, 0.4) is 0 Å². The van der Waals surface area contributed by atoms with E-state index in [0.717, 1.165) is 16.0 Å². The second kappa shape index (κ2) is 22.4. The smallest absolute Gasteiger partial charge is 0.409 e. The van der Waals surface area contributed by atoms with Crippen molar-refractivity contribution >= 4 is 80.4 Å². The number of hydrogen-bond acceptors (Lipinski definition) is 15. The summed E-state index contributed by atoms with van der Waals surface area (Å²) >= 11 is 6.79. The fourth-order valence-electron chi connectivity index (χ4n) is 7.98. The third-order valence-electron chi connectivity index (χ3n) is 12.2. The number of hydrogen-bond donors (Lipinski definition) is 2. The number of epoxide rings is 1. The van der Waals surface area contributed by atoms with Crippen LogP contribution in [0.15, 0.2) is 48.1 Å². The number of rotatable bonds is 16. The highest BCUT2D eigenvalue weighted by Gasteiger charge is 2.64. The van der Waals surface area contributed by atoms with Crippen molar-refractivity contribution in [1.82, 2.24) is 15.1 Å². The van der Waals surface area contributed by atoms with Crippen molar-refractivity contribution in [3.63, 3.8) is 0 Å². The second-order valence-corrected chi connectivity index (χ2v) is 19.9. The number of halogens is 1. The summed E-state index contributed by atoms with van der Waals surface area (Å²) in [5.41, 5.74) is -1.07. The molecule has 5 amide bonds. The second-order valence-electron chi connectivity index (χ2n) is 16.9. The zero-order valence-corrected chi connectivity index (χ0v) is 40.3. The Morgan fingerprint density at radius 3 is 2.45 bits per heavy atom. The molecule has 17 nitrogen and oxygen atoms in total. The number of likely N-dealkylation sites (N-methyl/N-ethyl adjacent to an activating group) is 1. The standard InChI is InChI=1S/C45H59ClN4O13S2/c1-26-11-9-13-34(60-8)45(58)25-33(61-43(57)47-45)27(2)41-44(4,63-41)35(24-39(55)49(6)31-22-29(21-26)23-32(59-7)40(31)46)62-42(56)28(3)48(5)36(52)17-20-65-64-19-10-12-30(51)16-18-50-37(53)14-15-38(50)54/h9,11,13-15,22-23,27-28,33-35,41,58H,10,12,16-21,24-25H2,1-8H3,(H,47,57)/b13-9+,26-11+/t27-,28+,33+,34-,35+,41+,44-,45+/m1/s1. The first kappa shape index (κ1) is 51.6. The minimum absolute atomic E-state index is 0.0464. The molecule has 4 aliphatic rings. The van der Waals surface area contributed by atoms with Crippen molar-refractivity contribution in [3.8, 4) is 5.75 Å². The van der Waals surface area contributed by atoms with Crippen molar-refractivity contribution in [3.05, 3.63) is 58.7 Å². The van der Waals surface area contributed by atoms with E-state index in [4.69, 9.17) is 35.3 Å². The summed E-state index contributed by atoms with van der Waals surface area (Å²) in [7, 11) is 8.92. The number of fused-ring (bicyclic) bond motifs is 5. The summed E-state index contributed by atoms with van der Waals surface area (Å²) in [6.07, 6.45) is 4.11. The van der Waals surface area contributed by atoms with Gasteiger partial charge in [0.25, 0.3) is 11.8 Å². The number of nitrogens with zero attached hydrogens (tertiary/aromatic N) is 3. The van der Waals surface area contributed by atoms with Crippen LogP contribution in [0.4, 0.5) is 10.5 Å². The lowest BCUT2D eigenvalue weighted by molar-refractivity contribution is -0.162. The molecular weight excluding hydrogens is 904 g/mol. The van der Waals surface area contributed by atoms with Gasteiger partial charge in [0.1, 0.15) is 46.5 Å². The molecule has 0 radical (unpaired) electrons. The molecule has 4 heterocycles. The molecule has 1 aromatic rings. The maximum atomic E-state index is 14.3. The lowest BCUT2D eigenvalue weighted by atomic mass is 9.83. The van der Waals surface area contributed by atoms with E-state index in [1.165, 1.54) is 71.7 Å². The molecular formula is C45H59ClN4O13S2. The fourth-order valence-corrected chi connectivity index (χ4v) is 10.4. The molecule has 0 saturated carbocycles. The van der Waals surface area contributed by atoms with E-state index in [1.807, 2.05) is 13.0 Å². The summed E-state index contributed by atoms with van der Waals surface area (Å²) in [6.45, 7) is 6.98. The average molecular weight is 964 g/mol. The molecule has 20 heteroatoms. The van der Waals surface area contributed by atoms with Gasteiger partial charge in [-0.15, -0.1) is 0 Å². The topological polar surface area (TPSA) is 211 Å². The van der Waals surface area contributed by atoms with Crippen LogP contribution in [-0.4, -0.2) is 145 Å². The normalized spacial score (nSPS) is 28.6. The summed E-state index contributed by atoms with van der Waals surface area (Å²) in [4.78, 5) is 93.8. The number of ether oxygens (including phenoxy) is 5. The van der Waals surface area contributed by atoms with Gasteiger partial charge in [-0.05, 0) is 51.3 Å². The van der Waals surface area contributed by atoms with E-state index in [0.29, 0.717) is 42.2 Å². The molecule has 0 aliphatic carbocycles. The number of aliphatic hydroxyl groups is 1. The molecule has 0 unspecified atom stereocenters. The molecule has 4 bridgehead atoms. The number of carbonyl (C=O) groups is 7. The summed E-state index contributed by atoms with van der Waals surface area (Å²) < 4.78 is 29.3. The quantitative estimate of drug-likeness (QED) is 0.0738. The molecule has 5 rings (SSSR count). The highest BCUT2D eigenvalue weighted by Crippen LogP contribution is 2.49. The van der Waals surface area contributed by atoms with E-state index in [-0.39, 0.29) is 48.9 Å². The number of alkyl carbamates (subject to hydrolysis) is 1. The third kappa shape index (κ3) is 12.7. The van der Waals surface area contributed by atoms with Crippen LogP contribution in [-0.2, 0) is 54.1 Å². The van der Waals surface area contributed by atoms with E-state index >= 15 is 0 Å². The predicted molar refractivity (Wildman–Crippen MR) is 245 cm³/mol. The molecule has 1 aromatic carbocycles. The van der Waals surface area contributed by atoms with E-state index in [9.17, 15) is 38.7 Å². The average Bonchev–Trinajstić information content (AvgIpc) is 3.86. The fraction of sp³-hybridized carbons (Fsp3) is 0.578. The number of amides is 5. The van der Waals surface area contributed by atoms with Crippen molar-refractivity contribution in [2.45, 2.75) is 114 Å². The monoisotopic (exact) mass is 962 g/mol. The Kier molecular flexibility index (Phi) is 17.8. The van der Waals surface area contributed by atoms with Gasteiger partial charge in [-0.2, -0.15) is 0 Å². The van der Waals surface area contributed by atoms with Gasteiger partial charge in [0.15, 0.2) is 5.72 Å². The number of Topliss-reactive ketones (excluding diaryl/α,β-unsaturated/α-hetero) is 1. The van der Waals surface area contributed by atoms with Crippen LogP contribution in [0.1, 0.15) is 71.8 Å². The van der Waals surface area contributed by atoms with E-state index < -0.39 is 77.5 Å². The first-order valence-electron chi connectivity index (χ1n) is 21.4. The highest BCUT2D eigenvalue weighted by atomic mass is 35.5. The van der Waals surface area contributed by atoms with Crippen molar-refractivity contribution in [2.24, 2.45) is 5.92 Å². The third-order valence-corrected chi connectivity index (χ3v) is 15.1. The molecule has 356 valence electrons. The molecule has 8 atom stereocenters. The number of methoxy groups -OCH3 is 2. The highest BCUT2D eigenvalue weighted by molar-refractivity contribution is 8.76. The van der Waals surface area contributed by atoms with Gasteiger partial charge >= 0.3 is 12.1 Å². The van der Waals surface area contributed by atoms with Crippen LogP contribution < -0.4 is 15.0 Å². The summed E-state index contributed by atoms with van der Waals surface area (Å²) in [5.74, 6) is -1.56. The van der Waals surface area contributed by atoms with Gasteiger partial charge in [-0.25, -0.2) is 9.59 Å². The number of nitrogens with one attached hydrogen (secondary N) is 1. The molecule has 2 saturated heterocycles. The molecule has 65 heavy (non-hydrogen) atoms. The van der Waals surface area contributed by atoms with Crippen molar-refractivity contribution in [2.75, 3.05) is 51.3 Å². The first-order valence-corrected chi connectivity index (χ1v) is 24.2. The predicted octanol–water partition coefficient (Wildman–Crippen LogP) is 4.95. The number of esters is 1. The lowest BCUT2D eigenvalue weighted by Crippen LogP contribution is -2.63. The van der Waals surface area contributed by atoms with Crippen LogP contribution in [0, 0.1) is 5.92 Å². The Balaban J connectivity index is 1.26. The van der Waals surface area contributed by atoms with Gasteiger partial charge in [0, 0.05) is 83.0 Å². The Morgan fingerprint density at radius 2 is 1.77 bits per heavy atom. The van der Waals surface area contributed by atoms with Crippen LogP contribution in [0.2, 0.25) is 5.02 Å². The molecule has 2 N–H and O–H groups in total. The van der Waals surface area contributed by atoms with E-state index in [2.05, 4.69) is 5.32 Å². The molecule has 4 aliphatic heterocycles. The summed E-state index contributed by atoms with van der Waals surface area (Å²) in [6, 6.07) is 2.50. The number of carbonyl (C=O) groups excluding carboxylic acids is 7. The Hall–Kier alpha value is -4.40. The maximum Gasteiger partial charge on any atom is 0.409 e. The number of imide groups is 1. The zero-order valence-electron chi connectivity index (χ0n) is 38.0. The van der Waals surface area contributed by atoms with Gasteiger partial charge in [0.2, 0.25) is 11.8 Å². The minimum Gasteiger partial charge on any atom is -0.495 e. The van der Waals surface area contributed by atoms with Crippen LogP contribution in [0.5, 0.6) is 5.75 Å². The van der Waals surface area contributed by atoms with Gasteiger partial charge < -0.3 is 38.6 Å². The van der Waals surface area contributed by atoms with Gasteiger partial charge in [0.05, 0.1) is 25.3 Å². The van der Waals surface area contributed by atoms with Gasteiger partial charge in [-0.3, -0.25) is 34.2 Å². The Bertz CT molecular complexity index is 2080. The largest absolute Gasteiger partial charge is 0.495 e. The lowest BCUT2D eigenvalue weighted by Gasteiger charge is -2.42.